The molecule has 0 fully saturated rings. The summed E-state index contributed by atoms with van der Waals surface area (Å²) in [5.74, 6) is 0.0108. The number of hydrogen-bond acceptors (Lipinski definition) is 4. The molecule has 0 radical (unpaired) electrons. The van der Waals surface area contributed by atoms with Gasteiger partial charge in [0.1, 0.15) is 5.25 Å². The average molecular weight is 423 g/mol. The van der Waals surface area contributed by atoms with Crippen LogP contribution in [0.25, 0.3) is 0 Å². The molecule has 1 amide bonds. The Morgan fingerprint density at radius 3 is 2.27 bits per heavy atom. The minimum atomic E-state index is -3.74. The third kappa shape index (κ3) is 4.76. The molecule has 30 heavy (non-hydrogen) atoms. The number of aryl methyl sites for hydroxylation is 1. The maximum Gasteiger partial charge on any atom is 0.251 e. The zero-order valence-corrected chi connectivity index (χ0v) is 18.2. The van der Waals surface area contributed by atoms with Gasteiger partial charge in [-0.1, -0.05) is 50.2 Å². The van der Waals surface area contributed by atoms with Crippen LogP contribution < -0.4 is 5.32 Å². The van der Waals surface area contributed by atoms with Gasteiger partial charge in [-0.25, -0.2) is 8.42 Å². The number of sulfone groups is 1. The number of hydrogen-bond donors (Lipinski definition) is 1. The van der Waals surface area contributed by atoms with Gasteiger partial charge in [0.15, 0.2) is 9.84 Å². The number of pyridine rings is 1. The second kappa shape index (κ2) is 9.22. The summed E-state index contributed by atoms with van der Waals surface area (Å²) in [4.78, 5) is 17.0. The summed E-state index contributed by atoms with van der Waals surface area (Å²) in [5.41, 5.74) is 2.97. The van der Waals surface area contributed by atoms with Crippen molar-refractivity contribution in [3.8, 4) is 0 Å². The molecule has 1 aromatic heterocycles. The largest absolute Gasteiger partial charge is 0.350 e. The van der Waals surface area contributed by atoms with Gasteiger partial charge in [0.2, 0.25) is 0 Å². The Balaban J connectivity index is 1.91. The van der Waals surface area contributed by atoms with Crippen LogP contribution in [-0.2, 0) is 9.84 Å². The first-order valence-electron chi connectivity index (χ1n) is 9.88. The van der Waals surface area contributed by atoms with Crippen LogP contribution in [0.3, 0.4) is 0 Å². The highest BCUT2D eigenvalue weighted by Crippen LogP contribution is 2.29. The van der Waals surface area contributed by atoms with Crippen molar-refractivity contribution in [3.05, 3.63) is 95.3 Å². The SMILES string of the molecule is Cc1ccccc1C(=O)NCC(c1cccnc1)S(=O)(=O)c1ccc(C(C)C)cc1. The highest BCUT2D eigenvalue weighted by molar-refractivity contribution is 7.91. The lowest BCUT2D eigenvalue weighted by atomic mass is 10.0. The van der Waals surface area contributed by atoms with E-state index in [0.29, 0.717) is 17.0 Å². The fourth-order valence-electron chi connectivity index (χ4n) is 3.29. The smallest absolute Gasteiger partial charge is 0.251 e. The third-order valence-corrected chi connectivity index (χ3v) is 7.26. The van der Waals surface area contributed by atoms with Crippen LogP contribution in [0.5, 0.6) is 0 Å². The lowest BCUT2D eigenvalue weighted by molar-refractivity contribution is 0.0953. The molecule has 0 aliphatic rings. The summed E-state index contributed by atoms with van der Waals surface area (Å²) in [6.45, 7) is 5.92. The maximum atomic E-state index is 13.5. The Hall–Kier alpha value is -2.99. The molecule has 0 saturated carbocycles. The second-order valence-electron chi connectivity index (χ2n) is 7.57. The molecule has 3 rings (SSSR count). The summed E-state index contributed by atoms with van der Waals surface area (Å²) in [6.07, 6.45) is 3.13. The molecule has 6 heteroatoms. The molecule has 1 N–H and O–H groups in total. The Kier molecular flexibility index (Phi) is 6.67. The van der Waals surface area contributed by atoms with E-state index >= 15 is 0 Å². The first kappa shape index (κ1) is 21.7. The van der Waals surface area contributed by atoms with Crippen molar-refractivity contribution in [2.45, 2.75) is 36.8 Å². The molecule has 0 saturated heterocycles. The molecule has 156 valence electrons. The van der Waals surface area contributed by atoms with Gasteiger partial charge in [-0.3, -0.25) is 9.78 Å². The van der Waals surface area contributed by atoms with E-state index in [1.54, 1.807) is 42.6 Å². The van der Waals surface area contributed by atoms with Crippen LogP contribution in [0, 0.1) is 6.92 Å². The van der Waals surface area contributed by atoms with Gasteiger partial charge >= 0.3 is 0 Å². The Morgan fingerprint density at radius 1 is 0.967 bits per heavy atom. The summed E-state index contributed by atoms with van der Waals surface area (Å²) in [7, 11) is -3.74. The highest BCUT2D eigenvalue weighted by Gasteiger charge is 2.30. The van der Waals surface area contributed by atoms with E-state index in [1.807, 2.05) is 31.2 Å². The second-order valence-corrected chi connectivity index (χ2v) is 9.70. The zero-order chi connectivity index (χ0) is 21.7. The highest BCUT2D eigenvalue weighted by atomic mass is 32.2. The molecule has 1 heterocycles. The van der Waals surface area contributed by atoms with Crippen molar-refractivity contribution < 1.29 is 13.2 Å². The number of amides is 1. The predicted molar refractivity (Wildman–Crippen MR) is 118 cm³/mol. The van der Waals surface area contributed by atoms with Gasteiger partial charge in [-0.05, 0) is 53.8 Å². The molecule has 1 unspecified atom stereocenters. The molecule has 0 aliphatic heterocycles. The van der Waals surface area contributed by atoms with Crippen molar-refractivity contribution in [1.29, 1.82) is 0 Å². The maximum absolute atomic E-state index is 13.5. The lowest BCUT2D eigenvalue weighted by Crippen LogP contribution is -2.32. The minimum absolute atomic E-state index is 0.0485. The molecule has 0 bridgehead atoms. The van der Waals surface area contributed by atoms with Crippen molar-refractivity contribution in [2.75, 3.05) is 6.54 Å². The molecule has 0 aliphatic carbocycles. The first-order chi connectivity index (χ1) is 14.3. The monoisotopic (exact) mass is 422 g/mol. The molecule has 5 nitrogen and oxygen atoms in total. The third-order valence-electron chi connectivity index (χ3n) is 5.14. The van der Waals surface area contributed by atoms with Crippen LogP contribution >= 0.6 is 0 Å². The van der Waals surface area contributed by atoms with Crippen LogP contribution in [0.1, 0.15) is 52.1 Å². The van der Waals surface area contributed by atoms with Crippen LogP contribution in [-0.4, -0.2) is 25.9 Å². The molecule has 1 atom stereocenters. The average Bonchev–Trinajstić information content (AvgIpc) is 2.74. The quantitative estimate of drug-likeness (QED) is 0.610. The van der Waals surface area contributed by atoms with E-state index in [0.717, 1.165) is 11.1 Å². The molecular formula is C24H26N2O3S. The van der Waals surface area contributed by atoms with Gasteiger partial charge < -0.3 is 5.32 Å². The minimum Gasteiger partial charge on any atom is -0.350 e. The number of nitrogens with zero attached hydrogens (tertiary/aromatic N) is 1. The Morgan fingerprint density at radius 2 is 1.67 bits per heavy atom. The van der Waals surface area contributed by atoms with Crippen LogP contribution in [0.2, 0.25) is 0 Å². The van der Waals surface area contributed by atoms with Gasteiger partial charge in [-0.2, -0.15) is 0 Å². The van der Waals surface area contributed by atoms with E-state index in [-0.39, 0.29) is 17.3 Å². The first-order valence-corrected chi connectivity index (χ1v) is 11.4. The number of carbonyl (C=O) groups excluding carboxylic acids is 1. The van der Waals surface area contributed by atoms with Crippen LogP contribution in [0.15, 0.2) is 78.0 Å². The number of aromatic nitrogens is 1. The number of carbonyl (C=O) groups is 1. The fourth-order valence-corrected chi connectivity index (χ4v) is 4.93. The zero-order valence-electron chi connectivity index (χ0n) is 17.4. The summed E-state index contributed by atoms with van der Waals surface area (Å²) < 4.78 is 26.9. The van der Waals surface area contributed by atoms with Crippen molar-refractivity contribution in [1.82, 2.24) is 10.3 Å². The van der Waals surface area contributed by atoms with Gasteiger partial charge in [0, 0.05) is 24.5 Å². The van der Waals surface area contributed by atoms with Crippen LogP contribution in [0.4, 0.5) is 0 Å². The lowest BCUT2D eigenvalue weighted by Gasteiger charge is -2.19. The van der Waals surface area contributed by atoms with E-state index < -0.39 is 15.1 Å². The standard InChI is InChI=1S/C24H26N2O3S/c1-17(2)19-10-12-21(13-11-19)30(28,29)23(20-8-6-14-25-15-20)16-26-24(27)22-9-5-4-7-18(22)3/h4-15,17,23H,16H2,1-3H3,(H,26,27). The predicted octanol–water partition coefficient (Wildman–Crippen LogP) is 4.46. The van der Waals surface area contributed by atoms with Gasteiger partial charge in [0.05, 0.1) is 4.90 Å². The topological polar surface area (TPSA) is 76.1 Å². The number of rotatable bonds is 7. The Bertz CT molecular complexity index is 1110. The van der Waals surface area contributed by atoms with E-state index in [1.165, 1.54) is 6.20 Å². The molecule has 0 spiro atoms. The van der Waals surface area contributed by atoms with Gasteiger partial charge in [-0.15, -0.1) is 0 Å². The summed E-state index contributed by atoms with van der Waals surface area (Å²) >= 11 is 0. The van der Waals surface area contributed by atoms with Crippen molar-refractivity contribution in [3.63, 3.8) is 0 Å². The Labute approximate surface area is 178 Å². The summed E-state index contributed by atoms with van der Waals surface area (Å²) in [5, 5.41) is 1.86. The molecule has 2 aromatic carbocycles. The number of benzene rings is 2. The van der Waals surface area contributed by atoms with Crippen molar-refractivity contribution in [2.24, 2.45) is 0 Å². The van der Waals surface area contributed by atoms with Crippen molar-refractivity contribution >= 4 is 15.7 Å². The summed E-state index contributed by atoms with van der Waals surface area (Å²) in [6, 6.07) is 17.6. The van der Waals surface area contributed by atoms with E-state index in [2.05, 4.69) is 24.1 Å². The molecule has 3 aromatic rings. The normalized spacial score (nSPS) is 12.5. The van der Waals surface area contributed by atoms with Gasteiger partial charge in [0.25, 0.3) is 5.91 Å². The number of nitrogens with one attached hydrogen (secondary N) is 1. The van der Waals surface area contributed by atoms with E-state index in [9.17, 15) is 13.2 Å². The molecular weight excluding hydrogens is 396 g/mol. The van der Waals surface area contributed by atoms with E-state index in [4.69, 9.17) is 0 Å². The fraction of sp³-hybridized carbons (Fsp3) is 0.250.